The number of para-hydroxylation sites is 1. The summed E-state index contributed by atoms with van der Waals surface area (Å²) in [5, 5.41) is 5.37. The molecule has 1 aromatic carbocycles. The second-order valence-corrected chi connectivity index (χ2v) is 5.93. The van der Waals surface area contributed by atoms with Crippen molar-refractivity contribution in [3.8, 4) is 0 Å². The first-order chi connectivity index (χ1) is 11.6. The minimum atomic E-state index is -0.186. The molecule has 0 aliphatic rings. The monoisotopic (exact) mass is 323 g/mol. The van der Waals surface area contributed by atoms with Gasteiger partial charge in [-0.1, -0.05) is 32.0 Å². The third-order valence-electron chi connectivity index (χ3n) is 3.89. The van der Waals surface area contributed by atoms with Crippen molar-refractivity contribution in [1.82, 2.24) is 14.5 Å². The number of hydrogen-bond donors (Lipinski definition) is 2. The Kier molecular flexibility index (Phi) is 4.46. The molecular weight excluding hydrogens is 302 g/mol. The number of H-pyrrole nitrogens is 1. The Morgan fingerprint density at radius 3 is 2.92 bits per heavy atom. The second kappa shape index (κ2) is 6.70. The Bertz CT molecular complexity index is 936. The summed E-state index contributed by atoms with van der Waals surface area (Å²) in [6.45, 7) is 6.99. The number of fused-ring (bicyclic) bond motifs is 1. The molecule has 0 unspecified atom stereocenters. The van der Waals surface area contributed by atoms with E-state index in [2.05, 4.69) is 50.3 Å². The van der Waals surface area contributed by atoms with Crippen LogP contribution in [-0.4, -0.2) is 20.7 Å². The molecule has 0 amide bonds. The maximum atomic E-state index is 11.7. The zero-order chi connectivity index (χ0) is 17.1. The van der Waals surface area contributed by atoms with Crippen LogP contribution in [0.4, 0.5) is 5.95 Å². The number of hydrazone groups is 1. The molecule has 124 valence electrons. The quantitative estimate of drug-likeness (QED) is 0.559. The highest BCUT2D eigenvalue weighted by Crippen LogP contribution is 2.19. The molecule has 0 aliphatic carbocycles. The van der Waals surface area contributed by atoms with Gasteiger partial charge in [0.05, 0.1) is 11.9 Å². The summed E-state index contributed by atoms with van der Waals surface area (Å²) in [4.78, 5) is 18.7. The van der Waals surface area contributed by atoms with Crippen molar-refractivity contribution in [3.05, 3.63) is 58.1 Å². The van der Waals surface area contributed by atoms with E-state index in [4.69, 9.17) is 0 Å². The Labute approximate surface area is 140 Å². The molecule has 3 rings (SSSR count). The van der Waals surface area contributed by atoms with Crippen molar-refractivity contribution in [3.63, 3.8) is 0 Å². The summed E-state index contributed by atoms with van der Waals surface area (Å²) in [5.74, 6) is 0.529. The normalized spacial score (nSPS) is 11.7. The van der Waals surface area contributed by atoms with E-state index in [1.807, 2.05) is 26.0 Å². The predicted octanol–water partition coefficient (Wildman–Crippen LogP) is 3.31. The lowest BCUT2D eigenvalue weighted by Gasteiger charge is -2.05. The summed E-state index contributed by atoms with van der Waals surface area (Å²) < 4.78 is 2.18. The standard InChI is InChI=1S/C18H21N5O/c1-4-23-11-13(14-7-5-6-8-16(14)23)10-19-22-18-20-15(12(2)3)9-17(24)21-18/h5-12H,4H2,1-3H3,(H2,20,21,22,24)/b19-10-. The maximum Gasteiger partial charge on any atom is 0.252 e. The van der Waals surface area contributed by atoms with E-state index in [0.29, 0.717) is 5.95 Å². The molecule has 0 radical (unpaired) electrons. The topological polar surface area (TPSA) is 75.1 Å². The SMILES string of the molecule is CCn1cc(/C=N\Nc2nc(C(C)C)cc(=O)[nH]2)c2ccccc21. The van der Waals surface area contributed by atoms with Gasteiger partial charge < -0.3 is 4.57 Å². The Balaban J connectivity index is 1.86. The molecule has 0 bridgehead atoms. The van der Waals surface area contributed by atoms with Gasteiger partial charge in [0.2, 0.25) is 5.95 Å². The van der Waals surface area contributed by atoms with Gasteiger partial charge in [0, 0.05) is 35.3 Å². The second-order valence-electron chi connectivity index (χ2n) is 5.93. The van der Waals surface area contributed by atoms with Gasteiger partial charge in [0.1, 0.15) is 0 Å². The minimum absolute atomic E-state index is 0.180. The van der Waals surface area contributed by atoms with Gasteiger partial charge in [-0.25, -0.2) is 10.4 Å². The molecule has 0 saturated heterocycles. The van der Waals surface area contributed by atoms with Crippen molar-refractivity contribution in [2.24, 2.45) is 5.10 Å². The zero-order valence-electron chi connectivity index (χ0n) is 14.1. The number of aromatic nitrogens is 3. The van der Waals surface area contributed by atoms with Gasteiger partial charge in [-0.3, -0.25) is 9.78 Å². The predicted molar refractivity (Wildman–Crippen MR) is 97.8 cm³/mol. The fraction of sp³-hybridized carbons (Fsp3) is 0.278. The van der Waals surface area contributed by atoms with Crippen LogP contribution in [0.2, 0.25) is 0 Å². The number of benzene rings is 1. The molecule has 3 aromatic rings. The zero-order valence-corrected chi connectivity index (χ0v) is 14.1. The summed E-state index contributed by atoms with van der Waals surface area (Å²) in [7, 11) is 0. The smallest absolute Gasteiger partial charge is 0.252 e. The highest BCUT2D eigenvalue weighted by Gasteiger charge is 2.06. The Morgan fingerprint density at radius 1 is 1.38 bits per heavy atom. The van der Waals surface area contributed by atoms with Gasteiger partial charge in [0.15, 0.2) is 0 Å². The van der Waals surface area contributed by atoms with Crippen LogP contribution in [-0.2, 0) is 6.54 Å². The van der Waals surface area contributed by atoms with Crippen molar-refractivity contribution in [2.75, 3.05) is 5.43 Å². The van der Waals surface area contributed by atoms with E-state index in [9.17, 15) is 4.79 Å². The van der Waals surface area contributed by atoms with Gasteiger partial charge in [-0.2, -0.15) is 5.10 Å². The number of anilines is 1. The van der Waals surface area contributed by atoms with E-state index >= 15 is 0 Å². The Hall–Kier alpha value is -2.89. The van der Waals surface area contributed by atoms with E-state index in [-0.39, 0.29) is 11.5 Å². The van der Waals surface area contributed by atoms with Gasteiger partial charge in [-0.05, 0) is 18.9 Å². The number of aryl methyl sites for hydroxylation is 1. The van der Waals surface area contributed by atoms with Crippen LogP contribution in [0.3, 0.4) is 0 Å². The van der Waals surface area contributed by atoms with E-state index < -0.39 is 0 Å². The third kappa shape index (κ3) is 3.22. The molecule has 6 heteroatoms. The molecule has 0 spiro atoms. The largest absolute Gasteiger partial charge is 0.347 e. The minimum Gasteiger partial charge on any atom is -0.347 e. The van der Waals surface area contributed by atoms with Crippen LogP contribution >= 0.6 is 0 Å². The van der Waals surface area contributed by atoms with E-state index in [0.717, 1.165) is 23.2 Å². The van der Waals surface area contributed by atoms with Crippen LogP contribution in [0.5, 0.6) is 0 Å². The number of nitrogens with one attached hydrogen (secondary N) is 2. The average Bonchev–Trinajstić information content (AvgIpc) is 2.92. The molecule has 0 aliphatic heterocycles. The molecule has 0 saturated carbocycles. The lowest BCUT2D eigenvalue weighted by atomic mass is 10.1. The van der Waals surface area contributed by atoms with E-state index in [1.165, 1.54) is 11.6 Å². The number of nitrogens with zero attached hydrogens (tertiary/aromatic N) is 3. The molecule has 24 heavy (non-hydrogen) atoms. The molecule has 2 heterocycles. The fourth-order valence-electron chi connectivity index (χ4n) is 2.63. The summed E-state index contributed by atoms with van der Waals surface area (Å²) >= 11 is 0. The fourth-order valence-corrected chi connectivity index (χ4v) is 2.63. The number of aromatic amines is 1. The first-order valence-corrected chi connectivity index (χ1v) is 8.06. The Morgan fingerprint density at radius 2 is 2.17 bits per heavy atom. The van der Waals surface area contributed by atoms with Crippen LogP contribution in [0.1, 0.15) is 37.9 Å². The number of hydrogen-bond acceptors (Lipinski definition) is 4. The van der Waals surface area contributed by atoms with Crippen molar-refractivity contribution < 1.29 is 0 Å². The molecule has 2 aromatic heterocycles. The van der Waals surface area contributed by atoms with Crippen LogP contribution in [0.25, 0.3) is 10.9 Å². The average molecular weight is 323 g/mol. The lowest BCUT2D eigenvalue weighted by Crippen LogP contribution is -2.12. The third-order valence-corrected chi connectivity index (χ3v) is 3.89. The summed E-state index contributed by atoms with van der Waals surface area (Å²) in [5.41, 5.74) is 5.56. The van der Waals surface area contributed by atoms with Crippen LogP contribution in [0.15, 0.2) is 46.4 Å². The highest BCUT2D eigenvalue weighted by atomic mass is 16.1. The molecule has 0 fully saturated rings. The molecular formula is C18H21N5O. The van der Waals surface area contributed by atoms with Gasteiger partial charge >= 0.3 is 0 Å². The molecule has 2 N–H and O–H groups in total. The van der Waals surface area contributed by atoms with Gasteiger partial charge in [-0.15, -0.1) is 0 Å². The maximum absolute atomic E-state index is 11.7. The molecule has 6 nitrogen and oxygen atoms in total. The summed E-state index contributed by atoms with van der Waals surface area (Å²) in [6.07, 6.45) is 3.81. The van der Waals surface area contributed by atoms with Gasteiger partial charge in [0.25, 0.3) is 5.56 Å². The van der Waals surface area contributed by atoms with Crippen molar-refractivity contribution >= 4 is 23.1 Å². The van der Waals surface area contributed by atoms with Crippen LogP contribution < -0.4 is 11.0 Å². The summed E-state index contributed by atoms with van der Waals surface area (Å²) in [6, 6.07) is 9.71. The first kappa shape index (κ1) is 16.0. The van der Waals surface area contributed by atoms with Crippen molar-refractivity contribution in [2.45, 2.75) is 33.2 Å². The lowest BCUT2D eigenvalue weighted by molar-refractivity contribution is 0.797. The van der Waals surface area contributed by atoms with Crippen LogP contribution in [0, 0.1) is 0 Å². The van der Waals surface area contributed by atoms with Crippen molar-refractivity contribution in [1.29, 1.82) is 0 Å². The highest BCUT2D eigenvalue weighted by molar-refractivity contribution is 5.99. The van der Waals surface area contributed by atoms with E-state index in [1.54, 1.807) is 6.21 Å². The first-order valence-electron chi connectivity index (χ1n) is 8.06. The number of rotatable bonds is 5. The molecule has 0 atom stereocenters.